The van der Waals surface area contributed by atoms with Crippen molar-refractivity contribution in [2.75, 3.05) is 33.8 Å². The van der Waals surface area contributed by atoms with Crippen molar-refractivity contribution in [3.8, 4) is 5.75 Å². The molecule has 0 saturated carbocycles. The highest BCUT2D eigenvalue weighted by atomic mass is 16.5. The molecular weight excluding hydrogens is 264 g/mol. The smallest absolute Gasteiger partial charge is 0.229 e. The molecule has 2 heterocycles. The maximum Gasteiger partial charge on any atom is 0.229 e. The average Bonchev–Trinajstić information content (AvgIpc) is 2.81. The summed E-state index contributed by atoms with van der Waals surface area (Å²) in [5.74, 6) is 1.23. The fraction of sp³-hybridized carbons (Fsp3) is 0.588. The zero-order valence-corrected chi connectivity index (χ0v) is 13.0. The minimum atomic E-state index is -0.0705. The zero-order chi connectivity index (χ0) is 14.9. The number of hydrogen-bond acceptors (Lipinski definition) is 3. The highest BCUT2D eigenvalue weighted by Crippen LogP contribution is 2.41. The average molecular weight is 288 g/mol. The first-order valence-corrected chi connectivity index (χ1v) is 7.74. The van der Waals surface area contributed by atoms with Gasteiger partial charge in [0.05, 0.1) is 12.5 Å². The molecule has 1 aromatic carbocycles. The predicted molar refractivity (Wildman–Crippen MR) is 82.2 cm³/mol. The van der Waals surface area contributed by atoms with Crippen molar-refractivity contribution in [1.82, 2.24) is 9.80 Å². The van der Waals surface area contributed by atoms with Crippen LogP contribution in [-0.4, -0.2) is 49.5 Å². The molecule has 0 unspecified atom stereocenters. The van der Waals surface area contributed by atoms with Gasteiger partial charge in [-0.05, 0) is 57.1 Å². The molecule has 1 aromatic rings. The van der Waals surface area contributed by atoms with Crippen molar-refractivity contribution in [2.24, 2.45) is 5.41 Å². The largest absolute Gasteiger partial charge is 0.497 e. The summed E-state index contributed by atoms with van der Waals surface area (Å²) in [7, 11) is 3.81. The van der Waals surface area contributed by atoms with Crippen LogP contribution in [0.15, 0.2) is 24.3 Å². The molecule has 1 spiro atoms. The van der Waals surface area contributed by atoms with Gasteiger partial charge in [-0.15, -0.1) is 0 Å². The molecule has 0 bridgehead atoms. The minimum Gasteiger partial charge on any atom is -0.497 e. The summed E-state index contributed by atoms with van der Waals surface area (Å²) in [5.41, 5.74) is 1.10. The fourth-order valence-corrected chi connectivity index (χ4v) is 3.51. The van der Waals surface area contributed by atoms with Gasteiger partial charge < -0.3 is 14.5 Å². The Kier molecular flexibility index (Phi) is 3.89. The van der Waals surface area contributed by atoms with Crippen molar-refractivity contribution in [1.29, 1.82) is 0 Å². The maximum absolute atomic E-state index is 12.8. The number of carbonyl (C=O) groups is 1. The number of amides is 1. The van der Waals surface area contributed by atoms with Crippen LogP contribution in [0.3, 0.4) is 0 Å². The molecule has 0 atom stereocenters. The zero-order valence-electron chi connectivity index (χ0n) is 13.0. The summed E-state index contributed by atoms with van der Waals surface area (Å²) >= 11 is 0. The Morgan fingerprint density at radius 1 is 1.10 bits per heavy atom. The Balaban J connectivity index is 1.66. The molecule has 0 aromatic heterocycles. The third-order valence-corrected chi connectivity index (χ3v) is 5.08. The molecule has 4 heteroatoms. The normalized spacial score (nSPS) is 22.0. The minimum absolute atomic E-state index is 0.0705. The van der Waals surface area contributed by atoms with Crippen LogP contribution in [0.25, 0.3) is 0 Å². The van der Waals surface area contributed by atoms with Gasteiger partial charge in [-0.3, -0.25) is 4.79 Å². The van der Waals surface area contributed by atoms with Gasteiger partial charge in [0.1, 0.15) is 5.75 Å². The van der Waals surface area contributed by atoms with Gasteiger partial charge in [0.2, 0.25) is 5.91 Å². The van der Waals surface area contributed by atoms with Crippen LogP contribution in [-0.2, 0) is 11.3 Å². The Morgan fingerprint density at radius 2 is 1.71 bits per heavy atom. The second kappa shape index (κ2) is 5.68. The molecule has 1 amide bonds. The number of ether oxygens (including phenoxy) is 1. The summed E-state index contributed by atoms with van der Waals surface area (Å²) in [4.78, 5) is 17.2. The van der Waals surface area contributed by atoms with E-state index in [1.165, 1.54) is 5.56 Å². The lowest BCUT2D eigenvalue weighted by Gasteiger charge is -2.36. The number of benzene rings is 1. The summed E-state index contributed by atoms with van der Waals surface area (Å²) in [5, 5.41) is 0. The van der Waals surface area contributed by atoms with Crippen LogP contribution in [0, 0.1) is 5.41 Å². The van der Waals surface area contributed by atoms with Crippen LogP contribution < -0.4 is 4.74 Å². The van der Waals surface area contributed by atoms with Crippen molar-refractivity contribution in [2.45, 2.75) is 25.8 Å². The lowest BCUT2D eigenvalue weighted by Crippen LogP contribution is -2.43. The van der Waals surface area contributed by atoms with Crippen molar-refractivity contribution in [3.05, 3.63) is 29.8 Å². The number of piperidine rings is 1. The number of nitrogens with zero attached hydrogens (tertiary/aromatic N) is 2. The van der Waals surface area contributed by atoms with E-state index >= 15 is 0 Å². The van der Waals surface area contributed by atoms with Gasteiger partial charge >= 0.3 is 0 Å². The van der Waals surface area contributed by atoms with Gasteiger partial charge in [-0.25, -0.2) is 0 Å². The van der Waals surface area contributed by atoms with Crippen LogP contribution in [0.1, 0.15) is 24.8 Å². The Labute approximate surface area is 126 Å². The second-order valence-corrected chi connectivity index (χ2v) is 6.41. The van der Waals surface area contributed by atoms with Crippen molar-refractivity contribution >= 4 is 5.91 Å². The van der Waals surface area contributed by atoms with Crippen LogP contribution in [0.4, 0.5) is 0 Å². The van der Waals surface area contributed by atoms with Gasteiger partial charge in [0, 0.05) is 13.1 Å². The van der Waals surface area contributed by atoms with Gasteiger partial charge in [0.25, 0.3) is 0 Å². The number of carbonyl (C=O) groups excluding carboxylic acids is 1. The predicted octanol–water partition coefficient (Wildman–Crippen LogP) is 2.14. The first-order chi connectivity index (χ1) is 10.1. The topological polar surface area (TPSA) is 32.8 Å². The van der Waals surface area contributed by atoms with Crippen LogP contribution >= 0.6 is 0 Å². The second-order valence-electron chi connectivity index (χ2n) is 6.41. The van der Waals surface area contributed by atoms with Crippen LogP contribution in [0.2, 0.25) is 0 Å². The summed E-state index contributed by atoms with van der Waals surface area (Å²) in [6.45, 7) is 3.71. The van der Waals surface area contributed by atoms with E-state index in [4.69, 9.17) is 4.74 Å². The quantitative estimate of drug-likeness (QED) is 0.854. The summed E-state index contributed by atoms with van der Waals surface area (Å²) < 4.78 is 5.18. The molecule has 0 N–H and O–H groups in total. The fourth-order valence-electron chi connectivity index (χ4n) is 3.51. The monoisotopic (exact) mass is 288 g/mol. The van der Waals surface area contributed by atoms with E-state index in [2.05, 4.69) is 11.9 Å². The van der Waals surface area contributed by atoms with E-state index in [0.717, 1.165) is 51.2 Å². The molecule has 0 aliphatic carbocycles. The molecule has 2 aliphatic rings. The molecule has 2 fully saturated rings. The van der Waals surface area contributed by atoms with E-state index in [9.17, 15) is 4.79 Å². The van der Waals surface area contributed by atoms with Crippen molar-refractivity contribution in [3.63, 3.8) is 0 Å². The van der Waals surface area contributed by atoms with E-state index in [1.807, 2.05) is 29.2 Å². The number of hydrogen-bond donors (Lipinski definition) is 0. The summed E-state index contributed by atoms with van der Waals surface area (Å²) in [6.07, 6.45) is 3.05. The van der Waals surface area contributed by atoms with Gasteiger partial charge in [0.15, 0.2) is 0 Å². The first kappa shape index (κ1) is 14.4. The maximum atomic E-state index is 12.8. The van der Waals surface area contributed by atoms with Crippen LogP contribution in [0.5, 0.6) is 5.75 Å². The third-order valence-electron chi connectivity index (χ3n) is 5.08. The van der Waals surface area contributed by atoms with Gasteiger partial charge in [-0.2, -0.15) is 0 Å². The molecule has 114 valence electrons. The highest BCUT2D eigenvalue weighted by Gasteiger charge is 2.47. The lowest BCUT2D eigenvalue weighted by molar-refractivity contribution is -0.138. The van der Waals surface area contributed by atoms with Crippen molar-refractivity contribution < 1.29 is 9.53 Å². The summed E-state index contributed by atoms with van der Waals surface area (Å²) in [6, 6.07) is 8.01. The lowest BCUT2D eigenvalue weighted by atomic mass is 9.77. The molecule has 2 aliphatic heterocycles. The SMILES string of the molecule is COc1ccc(CN2CCC3(CCN(C)CC3)C2=O)cc1. The molecule has 21 heavy (non-hydrogen) atoms. The van der Waals surface area contributed by atoms with E-state index in [1.54, 1.807) is 7.11 Å². The standard InChI is InChI=1S/C17H24N2O2/c1-18-10-7-17(8-11-18)9-12-19(16(17)20)13-14-3-5-15(21-2)6-4-14/h3-6H,7-13H2,1-2H3. The molecule has 3 rings (SSSR count). The first-order valence-electron chi connectivity index (χ1n) is 7.74. The number of rotatable bonds is 3. The highest BCUT2D eigenvalue weighted by molar-refractivity contribution is 5.85. The third kappa shape index (κ3) is 2.77. The number of methoxy groups -OCH3 is 1. The Bertz CT molecular complexity index is 504. The number of likely N-dealkylation sites (tertiary alicyclic amines) is 2. The van der Waals surface area contributed by atoms with E-state index in [-0.39, 0.29) is 5.41 Å². The molecule has 2 saturated heterocycles. The molecule has 0 radical (unpaired) electrons. The molecular formula is C17H24N2O2. The van der Waals surface area contributed by atoms with E-state index in [0.29, 0.717) is 5.91 Å². The van der Waals surface area contributed by atoms with E-state index < -0.39 is 0 Å². The Morgan fingerprint density at radius 3 is 2.33 bits per heavy atom. The molecule has 4 nitrogen and oxygen atoms in total. The Hall–Kier alpha value is -1.55. The van der Waals surface area contributed by atoms with Gasteiger partial charge in [-0.1, -0.05) is 12.1 Å².